The Kier molecular flexibility index (Phi) is 13.5. The van der Waals surface area contributed by atoms with Gasteiger partial charge in [-0.3, -0.25) is 14.9 Å². The van der Waals surface area contributed by atoms with Crippen molar-refractivity contribution >= 4 is 23.7 Å². The van der Waals surface area contributed by atoms with Crippen LogP contribution in [0.3, 0.4) is 0 Å². The third-order valence-electron chi connectivity index (χ3n) is 8.45. The van der Waals surface area contributed by atoms with Crippen molar-refractivity contribution in [3.8, 4) is 11.1 Å². The molecule has 0 saturated carbocycles. The van der Waals surface area contributed by atoms with Crippen molar-refractivity contribution in [1.29, 1.82) is 0 Å². The van der Waals surface area contributed by atoms with Crippen molar-refractivity contribution in [3.05, 3.63) is 54.6 Å². The first-order valence-corrected chi connectivity index (χ1v) is 16.0. The molecule has 0 bridgehead atoms. The highest BCUT2D eigenvalue weighted by Crippen LogP contribution is 2.28. The predicted octanol–water partition coefficient (Wildman–Crippen LogP) is 4.51. The number of hydrogen-bond donors (Lipinski definition) is 1. The van der Waals surface area contributed by atoms with Gasteiger partial charge in [-0.2, -0.15) is 0 Å². The van der Waals surface area contributed by atoms with Gasteiger partial charge < -0.3 is 28.9 Å². The van der Waals surface area contributed by atoms with Gasteiger partial charge in [0, 0.05) is 45.3 Å². The number of carbonyl (C=O) groups excluding carboxylic acids is 3. The zero-order valence-electron chi connectivity index (χ0n) is 26.2. The molecule has 44 heavy (non-hydrogen) atoms. The van der Waals surface area contributed by atoms with Crippen LogP contribution in [0.15, 0.2) is 54.6 Å². The van der Waals surface area contributed by atoms with E-state index < -0.39 is 6.09 Å². The molecule has 4 rings (SSSR count). The first kappa shape index (κ1) is 33.4. The summed E-state index contributed by atoms with van der Waals surface area (Å²) < 4.78 is 16.6. The van der Waals surface area contributed by atoms with E-state index in [0.717, 1.165) is 81.8 Å². The number of nitrogens with one attached hydrogen (secondary N) is 1. The third-order valence-corrected chi connectivity index (χ3v) is 8.45. The van der Waals surface area contributed by atoms with Crippen molar-refractivity contribution in [2.45, 2.75) is 45.1 Å². The first-order chi connectivity index (χ1) is 21.4. The molecular formula is C34H48N4O6. The predicted molar refractivity (Wildman–Crippen MR) is 170 cm³/mol. The monoisotopic (exact) mass is 608 g/mol. The first-order valence-electron chi connectivity index (χ1n) is 16.0. The maximum absolute atomic E-state index is 12.7. The number of nitrogens with zero attached hydrogens (tertiary/aromatic N) is 3. The van der Waals surface area contributed by atoms with Gasteiger partial charge in [0.1, 0.15) is 6.10 Å². The summed E-state index contributed by atoms with van der Waals surface area (Å²) >= 11 is 0. The Balaban J connectivity index is 1.05. The Hall–Kier alpha value is -3.47. The Labute approximate surface area is 261 Å². The molecule has 0 atom stereocenters. The van der Waals surface area contributed by atoms with E-state index in [-0.39, 0.29) is 23.9 Å². The number of rotatable bonds is 14. The zero-order valence-corrected chi connectivity index (χ0v) is 26.2. The molecule has 0 unspecified atom stereocenters. The Morgan fingerprint density at radius 2 is 1.52 bits per heavy atom. The summed E-state index contributed by atoms with van der Waals surface area (Å²) in [5.74, 6) is 0.0117. The third kappa shape index (κ3) is 10.6. The van der Waals surface area contributed by atoms with Crippen LogP contribution in [0.1, 0.15) is 39.0 Å². The van der Waals surface area contributed by atoms with Gasteiger partial charge in [0.2, 0.25) is 5.91 Å². The largest absolute Gasteiger partial charge is 0.466 e. The number of esters is 1. The quantitative estimate of drug-likeness (QED) is 0.247. The summed E-state index contributed by atoms with van der Waals surface area (Å²) in [6, 6.07) is 17.7. The van der Waals surface area contributed by atoms with Crippen LogP contribution in [-0.2, 0) is 23.8 Å². The van der Waals surface area contributed by atoms with Crippen LogP contribution in [0.25, 0.3) is 11.1 Å². The van der Waals surface area contributed by atoms with Gasteiger partial charge in [-0.15, -0.1) is 0 Å². The fourth-order valence-corrected chi connectivity index (χ4v) is 5.72. The van der Waals surface area contributed by atoms with E-state index in [1.54, 1.807) is 4.90 Å². The summed E-state index contributed by atoms with van der Waals surface area (Å²) in [6.07, 6.45) is 2.98. The lowest BCUT2D eigenvalue weighted by atomic mass is 9.97. The van der Waals surface area contributed by atoms with Gasteiger partial charge in [-0.25, -0.2) is 4.79 Å². The highest BCUT2D eigenvalue weighted by molar-refractivity contribution is 5.91. The number of likely N-dealkylation sites (tertiary alicyclic amines) is 2. The topological polar surface area (TPSA) is 101 Å². The number of benzene rings is 2. The maximum Gasteiger partial charge on any atom is 0.411 e. The molecule has 0 aromatic heterocycles. The van der Waals surface area contributed by atoms with Crippen molar-refractivity contribution in [2.24, 2.45) is 5.92 Å². The number of ether oxygens (including phenoxy) is 3. The summed E-state index contributed by atoms with van der Waals surface area (Å²) in [5, 5.41) is 2.92. The van der Waals surface area contributed by atoms with E-state index in [4.69, 9.17) is 14.2 Å². The van der Waals surface area contributed by atoms with Gasteiger partial charge in [0.15, 0.2) is 0 Å². The van der Waals surface area contributed by atoms with E-state index in [2.05, 4.69) is 15.1 Å². The second-order valence-electron chi connectivity index (χ2n) is 11.5. The van der Waals surface area contributed by atoms with Crippen LogP contribution >= 0.6 is 0 Å². The minimum Gasteiger partial charge on any atom is -0.466 e. The molecule has 2 heterocycles. The van der Waals surface area contributed by atoms with Crippen LogP contribution in [-0.4, -0.2) is 111 Å². The number of amides is 2. The Morgan fingerprint density at radius 3 is 2.25 bits per heavy atom. The van der Waals surface area contributed by atoms with Gasteiger partial charge in [0.05, 0.1) is 37.8 Å². The molecule has 0 aliphatic carbocycles. The molecule has 10 heteroatoms. The molecule has 2 saturated heterocycles. The summed E-state index contributed by atoms with van der Waals surface area (Å²) in [7, 11) is 1.84. The van der Waals surface area contributed by atoms with Crippen LogP contribution in [0.4, 0.5) is 10.5 Å². The molecule has 1 N–H and O–H groups in total. The van der Waals surface area contributed by atoms with Crippen LogP contribution in [0, 0.1) is 5.92 Å². The molecule has 240 valence electrons. The molecule has 0 radical (unpaired) electrons. The van der Waals surface area contributed by atoms with Gasteiger partial charge in [-0.05, 0) is 57.3 Å². The number of anilines is 1. The minimum atomic E-state index is -0.432. The van der Waals surface area contributed by atoms with E-state index in [9.17, 15) is 14.4 Å². The molecule has 2 fully saturated rings. The average Bonchev–Trinajstić information content (AvgIpc) is 3.05. The fourth-order valence-electron chi connectivity index (χ4n) is 5.72. The lowest BCUT2D eigenvalue weighted by Gasteiger charge is -2.32. The van der Waals surface area contributed by atoms with Crippen molar-refractivity contribution < 1.29 is 28.6 Å². The molecule has 2 aromatic carbocycles. The molecule has 0 spiro atoms. The van der Waals surface area contributed by atoms with Crippen molar-refractivity contribution in [1.82, 2.24) is 14.7 Å². The number of likely N-dealkylation sites (N-methyl/N-ethyl adjacent to an activating group) is 1. The van der Waals surface area contributed by atoms with Crippen molar-refractivity contribution in [3.63, 3.8) is 0 Å². The molecule has 2 aromatic rings. The molecule has 2 aliphatic heterocycles. The number of para-hydroxylation sites is 1. The second-order valence-corrected chi connectivity index (χ2v) is 11.5. The Bertz CT molecular complexity index is 1180. The molecule has 10 nitrogen and oxygen atoms in total. The molecular weight excluding hydrogens is 560 g/mol. The van der Waals surface area contributed by atoms with Crippen LogP contribution < -0.4 is 5.32 Å². The highest BCUT2D eigenvalue weighted by atomic mass is 16.6. The highest BCUT2D eigenvalue weighted by Gasteiger charge is 2.26. The second kappa shape index (κ2) is 17.7. The average molecular weight is 609 g/mol. The summed E-state index contributed by atoms with van der Waals surface area (Å²) in [5.41, 5.74) is 2.72. The fraction of sp³-hybridized carbons (Fsp3) is 0.559. The minimum absolute atomic E-state index is 0.0144. The molecule has 2 aliphatic rings. The van der Waals surface area contributed by atoms with Gasteiger partial charge >= 0.3 is 12.1 Å². The Morgan fingerprint density at radius 1 is 0.864 bits per heavy atom. The standard InChI is InChI=1S/C34H48N4O6/c1-3-43-33(40)28-13-18-38(19-14-28)24-26-42-25-17-32(39)36(2)22-23-37-20-15-29(16-21-37)44-34(41)35-31-12-8-7-11-30(31)27-9-5-4-6-10-27/h4-12,28-29H,3,13-26H2,1-2H3,(H,35,41). The zero-order chi connectivity index (χ0) is 31.1. The van der Waals surface area contributed by atoms with Gasteiger partial charge in [0.25, 0.3) is 0 Å². The lowest BCUT2D eigenvalue weighted by Crippen LogP contribution is -2.42. The SMILES string of the molecule is CCOC(=O)C1CCN(CCOCCC(=O)N(C)CCN2CCC(OC(=O)Nc3ccccc3-c3ccccc3)CC2)CC1. The summed E-state index contributed by atoms with van der Waals surface area (Å²) in [4.78, 5) is 43.5. The maximum atomic E-state index is 12.7. The normalized spacial score (nSPS) is 16.8. The smallest absolute Gasteiger partial charge is 0.411 e. The van der Waals surface area contributed by atoms with Gasteiger partial charge in [-0.1, -0.05) is 48.5 Å². The van der Waals surface area contributed by atoms with E-state index in [0.29, 0.717) is 32.8 Å². The lowest BCUT2D eigenvalue weighted by molar-refractivity contribution is -0.149. The number of carbonyl (C=O) groups is 3. The summed E-state index contributed by atoms with van der Waals surface area (Å²) in [6.45, 7) is 8.88. The van der Waals surface area contributed by atoms with Crippen LogP contribution in [0.5, 0.6) is 0 Å². The van der Waals surface area contributed by atoms with Crippen molar-refractivity contribution in [2.75, 3.05) is 78.0 Å². The molecule has 2 amide bonds. The number of piperidine rings is 2. The van der Waals surface area contributed by atoms with E-state index in [1.165, 1.54) is 0 Å². The van der Waals surface area contributed by atoms with E-state index >= 15 is 0 Å². The van der Waals surface area contributed by atoms with E-state index in [1.807, 2.05) is 68.6 Å². The number of hydrogen-bond acceptors (Lipinski definition) is 8. The van der Waals surface area contributed by atoms with Crippen LogP contribution in [0.2, 0.25) is 0 Å².